The van der Waals surface area contributed by atoms with Crippen molar-refractivity contribution in [2.45, 2.75) is 26.7 Å². The molecule has 2 amide bonds. The summed E-state index contributed by atoms with van der Waals surface area (Å²) in [6, 6.07) is 0. The monoisotopic (exact) mass is 259 g/mol. The van der Waals surface area contributed by atoms with E-state index in [-0.39, 0.29) is 23.3 Å². The fourth-order valence-electron chi connectivity index (χ4n) is 1.51. The summed E-state index contributed by atoms with van der Waals surface area (Å²) >= 11 is 4.87. The molecule has 17 heavy (non-hydrogen) atoms. The molecule has 0 radical (unpaired) electrons. The molecule has 0 spiro atoms. The molecule has 0 aromatic heterocycles. The first-order chi connectivity index (χ1) is 7.97. The van der Waals surface area contributed by atoms with Gasteiger partial charge in [0, 0.05) is 13.6 Å². The SMILES string of the molecule is CCCN(CC(=O)NC)C(=O)C(CC)C(N)=S. The molecule has 0 aromatic rings. The molecule has 98 valence electrons. The van der Waals surface area contributed by atoms with Gasteiger partial charge in [-0.3, -0.25) is 9.59 Å². The Bertz CT molecular complexity index is 294. The van der Waals surface area contributed by atoms with Crippen molar-refractivity contribution < 1.29 is 9.59 Å². The summed E-state index contributed by atoms with van der Waals surface area (Å²) in [5.41, 5.74) is 5.53. The van der Waals surface area contributed by atoms with Crippen LogP contribution in [-0.4, -0.2) is 41.8 Å². The van der Waals surface area contributed by atoms with Crippen molar-refractivity contribution >= 4 is 29.0 Å². The normalized spacial score (nSPS) is 11.7. The number of likely N-dealkylation sites (N-methyl/N-ethyl adjacent to an activating group) is 1. The van der Waals surface area contributed by atoms with Crippen molar-refractivity contribution in [1.29, 1.82) is 0 Å². The van der Waals surface area contributed by atoms with Gasteiger partial charge in [0.05, 0.1) is 17.5 Å². The van der Waals surface area contributed by atoms with Gasteiger partial charge in [-0.2, -0.15) is 0 Å². The van der Waals surface area contributed by atoms with Crippen molar-refractivity contribution in [2.24, 2.45) is 11.7 Å². The van der Waals surface area contributed by atoms with Crippen LogP contribution in [0.25, 0.3) is 0 Å². The Morgan fingerprint density at radius 1 is 1.41 bits per heavy atom. The second-order valence-electron chi connectivity index (χ2n) is 3.80. The van der Waals surface area contributed by atoms with Crippen LogP contribution in [0.3, 0.4) is 0 Å². The van der Waals surface area contributed by atoms with Gasteiger partial charge in [0.15, 0.2) is 0 Å². The molecular formula is C11H21N3O2S. The van der Waals surface area contributed by atoms with Gasteiger partial charge in [-0.1, -0.05) is 26.1 Å². The zero-order chi connectivity index (χ0) is 13.4. The van der Waals surface area contributed by atoms with Crippen LogP contribution < -0.4 is 11.1 Å². The molecule has 5 nitrogen and oxygen atoms in total. The third kappa shape index (κ3) is 5.12. The number of hydrogen-bond acceptors (Lipinski definition) is 3. The van der Waals surface area contributed by atoms with Gasteiger partial charge in [-0.05, 0) is 12.8 Å². The van der Waals surface area contributed by atoms with Crippen molar-refractivity contribution in [3.05, 3.63) is 0 Å². The van der Waals surface area contributed by atoms with Crippen molar-refractivity contribution in [1.82, 2.24) is 10.2 Å². The highest BCUT2D eigenvalue weighted by Gasteiger charge is 2.25. The number of nitrogens with zero attached hydrogens (tertiary/aromatic N) is 1. The van der Waals surface area contributed by atoms with Gasteiger partial charge in [0.25, 0.3) is 0 Å². The average molecular weight is 259 g/mol. The lowest BCUT2D eigenvalue weighted by Crippen LogP contribution is -2.45. The van der Waals surface area contributed by atoms with Crippen molar-refractivity contribution in [2.75, 3.05) is 20.1 Å². The Labute approximate surface area is 108 Å². The van der Waals surface area contributed by atoms with Gasteiger partial charge in [0.1, 0.15) is 0 Å². The maximum absolute atomic E-state index is 12.1. The van der Waals surface area contributed by atoms with E-state index in [0.29, 0.717) is 13.0 Å². The maximum Gasteiger partial charge on any atom is 0.239 e. The van der Waals surface area contributed by atoms with Crippen LogP contribution in [0.2, 0.25) is 0 Å². The van der Waals surface area contributed by atoms with Crippen LogP contribution in [0, 0.1) is 5.92 Å². The van der Waals surface area contributed by atoms with E-state index in [1.165, 1.54) is 4.90 Å². The molecule has 1 unspecified atom stereocenters. The Morgan fingerprint density at radius 3 is 2.35 bits per heavy atom. The van der Waals surface area contributed by atoms with E-state index in [1.807, 2.05) is 13.8 Å². The molecule has 0 saturated carbocycles. The summed E-state index contributed by atoms with van der Waals surface area (Å²) < 4.78 is 0. The molecule has 0 heterocycles. The molecule has 0 aliphatic rings. The highest BCUT2D eigenvalue weighted by Crippen LogP contribution is 2.09. The van der Waals surface area contributed by atoms with Crippen molar-refractivity contribution in [3.8, 4) is 0 Å². The molecule has 0 aliphatic carbocycles. The summed E-state index contributed by atoms with van der Waals surface area (Å²) in [5.74, 6) is -0.823. The van der Waals surface area contributed by atoms with E-state index in [2.05, 4.69) is 5.32 Å². The second-order valence-corrected chi connectivity index (χ2v) is 4.27. The molecule has 0 aliphatic heterocycles. The zero-order valence-corrected chi connectivity index (χ0v) is 11.5. The first-order valence-corrected chi connectivity index (χ1v) is 6.17. The standard InChI is InChI=1S/C11H21N3O2S/c1-4-6-14(7-9(15)13-3)11(16)8(5-2)10(12)17/h8H,4-7H2,1-3H3,(H2,12,17)(H,13,15). The minimum Gasteiger partial charge on any atom is -0.393 e. The summed E-state index contributed by atoms with van der Waals surface area (Å²) in [4.78, 5) is 25.1. The molecule has 0 saturated heterocycles. The third-order valence-corrected chi connectivity index (χ3v) is 2.75. The molecule has 1 atom stereocenters. The van der Waals surface area contributed by atoms with Gasteiger partial charge >= 0.3 is 0 Å². The Kier molecular flexibility index (Phi) is 7.45. The summed E-state index contributed by atoms with van der Waals surface area (Å²) in [5, 5.41) is 2.50. The van der Waals surface area contributed by atoms with Crippen molar-refractivity contribution in [3.63, 3.8) is 0 Å². The fourth-order valence-corrected chi connectivity index (χ4v) is 1.77. The first-order valence-electron chi connectivity index (χ1n) is 5.76. The predicted molar refractivity (Wildman–Crippen MR) is 71.5 cm³/mol. The summed E-state index contributed by atoms with van der Waals surface area (Å²) in [7, 11) is 1.54. The quantitative estimate of drug-likeness (QED) is 0.644. The molecule has 0 bridgehead atoms. The third-order valence-electron chi connectivity index (χ3n) is 2.47. The van der Waals surface area contributed by atoms with Crippen LogP contribution >= 0.6 is 12.2 Å². The lowest BCUT2D eigenvalue weighted by atomic mass is 10.0. The number of carbonyl (C=O) groups excluding carboxylic acids is 2. The van der Waals surface area contributed by atoms with E-state index >= 15 is 0 Å². The number of nitrogens with one attached hydrogen (secondary N) is 1. The zero-order valence-electron chi connectivity index (χ0n) is 10.7. The van der Waals surface area contributed by atoms with E-state index in [0.717, 1.165) is 6.42 Å². The summed E-state index contributed by atoms with van der Waals surface area (Å²) in [6.07, 6.45) is 1.35. The second kappa shape index (κ2) is 8.00. The number of amides is 2. The number of carbonyl (C=O) groups is 2. The van der Waals surface area contributed by atoms with E-state index < -0.39 is 5.92 Å². The first kappa shape index (κ1) is 15.8. The van der Waals surface area contributed by atoms with Gasteiger partial charge in [-0.15, -0.1) is 0 Å². The Balaban J connectivity index is 4.73. The summed E-state index contributed by atoms with van der Waals surface area (Å²) in [6.45, 7) is 4.39. The minimum absolute atomic E-state index is 0.0578. The Hall–Kier alpha value is -1.17. The van der Waals surface area contributed by atoms with E-state index in [1.54, 1.807) is 7.05 Å². The lowest BCUT2D eigenvalue weighted by molar-refractivity contribution is -0.137. The molecule has 6 heteroatoms. The smallest absolute Gasteiger partial charge is 0.239 e. The van der Waals surface area contributed by atoms with E-state index in [4.69, 9.17) is 18.0 Å². The van der Waals surface area contributed by atoms with Crippen LogP contribution in [0.4, 0.5) is 0 Å². The van der Waals surface area contributed by atoms with Gasteiger partial charge in [-0.25, -0.2) is 0 Å². The van der Waals surface area contributed by atoms with Crippen LogP contribution in [0.15, 0.2) is 0 Å². The molecule has 3 N–H and O–H groups in total. The molecular weight excluding hydrogens is 238 g/mol. The van der Waals surface area contributed by atoms with Crippen LogP contribution in [-0.2, 0) is 9.59 Å². The highest BCUT2D eigenvalue weighted by atomic mass is 32.1. The minimum atomic E-state index is -0.471. The Morgan fingerprint density at radius 2 is 2.00 bits per heavy atom. The lowest BCUT2D eigenvalue weighted by Gasteiger charge is -2.25. The number of thiocarbonyl (C=S) groups is 1. The van der Waals surface area contributed by atoms with E-state index in [9.17, 15) is 9.59 Å². The van der Waals surface area contributed by atoms with Gasteiger partial charge in [0.2, 0.25) is 11.8 Å². The average Bonchev–Trinajstić information content (AvgIpc) is 2.28. The largest absolute Gasteiger partial charge is 0.393 e. The van der Waals surface area contributed by atoms with Crippen LogP contribution in [0.5, 0.6) is 0 Å². The molecule has 0 rings (SSSR count). The topological polar surface area (TPSA) is 75.4 Å². The van der Waals surface area contributed by atoms with Gasteiger partial charge < -0.3 is 16.0 Å². The highest BCUT2D eigenvalue weighted by molar-refractivity contribution is 7.80. The number of hydrogen-bond donors (Lipinski definition) is 2. The van der Waals surface area contributed by atoms with Crippen LogP contribution in [0.1, 0.15) is 26.7 Å². The predicted octanol–water partition coefficient (Wildman–Crippen LogP) is 0.283. The molecule has 0 aromatic carbocycles. The maximum atomic E-state index is 12.1. The number of rotatable bonds is 7. The fraction of sp³-hybridized carbons (Fsp3) is 0.727. The molecule has 0 fully saturated rings. The number of nitrogens with two attached hydrogens (primary N) is 1.